The second kappa shape index (κ2) is 6.70. The van der Waals surface area contributed by atoms with Crippen molar-refractivity contribution in [3.8, 4) is 17.0 Å². The van der Waals surface area contributed by atoms with Gasteiger partial charge >= 0.3 is 5.97 Å². The summed E-state index contributed by atoms with van der Waals surface area (Å²) in [5, 5.41) is 0. The van der Waals surface area contributed by atoms with E-state index in [2.05, 4.69) is 4.98 Å². The van der Waals surface area contributed by atoms with Crippen LogP contribution >= 0.6 is 0 Å². The van der Waals surface area contributed by atoms with Crippen molar-refractivity contribution in [2.75, 3.05) is 13.2 Å². The van der Waals surface area contributed by atoms with E-state index >= 15 is 0 Å². The maximum atomic E-state index is 11.5. The normalized spacial score (nSPS) is 10.1. The average molecular weight is 271 g/mol. The summed E-state index contributed by atoms with van der Waals surface area (Å²) in [5.74, 6) is 0.484. The van der Waals surface area contributed by atoms with Crippen LogP contribution in [0.3, 0.4) is 0 Å². The first-order valence-electron chi connectivity index (χ1n) is 6.61. The lowest BCUT2D eigenvalue weighted by Crippen LogP contribution is -2.04. The van der Waals surface area contributed by atoms with Gasteiger partial charge in [0.2, 0.25) is 0 Å². The van der Waals surface area contributed by atoms with Crippen molar-refractivity contribution >= 4 is 5.97 Å². The van der Waals surface area contributed by atoms with Gasteiger partial charge in [-0.2, -0.15) is 0 Å². The fourth-order valence-electron chi connectivity index (χ4n) is 1.79. The summed E-state index contributed by atoms with van der Waals surface area (Å²) in [5.41, 5.74) is 2.24. The van der Waals surface area contributed by atoms with Gasteiger partial charge in [-0.3, -0.25) is 4.98 Å². The molecule has 0 fully saturated rings. The lowest BCUT2D eigenvalue weighted by molar-refractivity contribution is 0.0526. The SMILES string of the molecule is CCOC(=O)c1ccc(-c2ccc(OCC)cc2)nc1. The highest BCUT2D eigenvalue weighted by Crippen LogP contribution is 2.21. The van der Waals surface area contributed by atoms with Gasteiger partial charge in [0.25, 0.3) is 0 Å². The van der Waals surface area contributed by atoms with Crippen LogP contribution in [0.15, 0.2) is 42.6 Å². The molecule has 0 amide bonds. The lowest BCUT2D eigenvalue weighted by atomic mass is 10.1. The topological polar surface area (TPSA) is 48.4 Å². The molecule has 4 heteroatoms. The molecule has 20 heavy (non-hydrogen) atoms. The Kier molecular flexibility index (Phi) is 4.71. The Bertz CT molecular complexity index is 561. The van der Waals surface area contributed by atoms with Crippen LogP contribution in [0.1, 0.15) is 24.2 Å². The maximum absolute atomic E-state index is 11.5. The van der Waals surface area contributed by atoms with Crippen LogP contribution in [0.5, 0.6) is 5.75 Å². The zero-order valence-electron chi connectivity index (χ0n) is 11.6. The summed E-state index contributed by atoms with van der Waals surface area (Å²) in [7, 11) is 0. The third-order valence-corrected chi connectivity index (χ3v) is 2.74. The monoisotopic (exact) mass is 271 g/mol. The quantitative estimate of drug-likeness (QED) is 0.783. The molecule has 0 spiro atoms. The average Bonchev–Trinajstić information content (AvgIpc) is 2.49. The van der Waals surface area contributed by atoms with Crippen molar-refractivity contribution in [3.05, 3.63) is 48.2 Å². The number of hydrogen-bond acceptors (Lipinski definition) is 4. The Morgan fingerprint density at radius 2 is 1.80 bits per heavy atom. The summed E-state index contributed by atoms with van der Waals surface area (Å²) >= 11 is 0. The Hall–Kier alpha value is -2.36. The van der Waals surface area contributed by atoms with Gasteiger partial charge in [0.05, 0.1) is 24.5 Å². The molecule has 0 saturated heterocycles. The molecular formula is C16H17NO3. The second-order valence-corrected chi connectivity index (χ2v) is 4.11. The van der Waals surface area contributed by atoms with E-state index in [0.717, 1.165) is 17.0 Å². The van der Waals surface area contributed by atoms with Crippen LogP contribution in [0.4, 0.5) is 0 Å². The van der Waals surface area contributed by atoms with E-state index in [1.807, 2.05) is 37.3 Å². The molecule has 1 aromatic carbocycles. The van der Waals surface area contributed by atoms with Crippen molar-refractivity contribution in [2.24, 2.45) is 0 Å². The molecule has 0 aliphatic rings. The van der Waals surface area contributed by atoms with Crippen molar-refractivity contribution in [2.45, 2.75) is 13.8 Å². The van der Waals surface area contributed by atoms with Crippen LogP contribution in [0.25, 0.3) is 11.3 Å². The Morgan fingerprint density at radius 1 is 1.05 bits per heavy atom. The van der Waals surface area contributed by atoms with Gasteiger partial charge in [0.15, 0.2) is 0 Å². The summed E-state index contributed by atoms with van der Waals surface area (Å²) in [4.78, 5) is 15.8. The molecule has 0 radical (unpaired) electrons. The van der Waals surface area contributed by atoms with E-state index in [0.29, 0.717) is 18.8 Å². The van der Waals surface area contributed by atoms with E-state index in [1.54, 1.807) is 13.0 Å². The Morgan fingerprint density at radius 3 is 2.35 bits per heavy atom. The van der Waals surface area contributed by atoms with Gasteiger partial charge in [-0.1, -0.05) is 0 Å². The van der Waals surface area contributed by atoms with Crippen LogP contribution in [-0.2, 0) is 4.74 Å². The number of benzene rings is 1. The number of aromatic nitrogens is 1. The molecule has 0 unspecified atom stereocenters. The fourth-order valence-corrected chi connectivity index (χ4v) is 1.79. The van der Waals surface area contributed by atoms with Crippen molar-refractivity contribution in [3.63, 3.8) is 0 Å². The van der Waals surface area contributed by atoms with Crippen molar-refractivity contribution in [1.29, 1.82) is 0 Å². The van der Waals surface area contributed by atoms with E-state index in [-0.39, 0.29) is 5.97 Å². The molecule has 2 aromatic rings. The number of esters is 1. The molecule has 0 atom stereocenters. The minimum Gasteiger partial charge on any atom is -0.494 e. The number of ether oxygens (including phenoxy) is 2. The summed E-state index contributed by atoms with van der Waals surface area (Å²) in [6.07, 6.45) is 1.53. The molecule has 0 bridgehead atoms. The van der Waals surface area contributed by atoms with Crippen LogP contribution in [0.2, 0.25) is 0 Å². The Labute approximate surface area is 118 Å². The Balaban J connectivity index is 2.15. The molecule has 1 heterocycles. The summed E-state index contributed by atoms with van der Waals surface area (Å²) in [6, 6.07) is 11.2. The van der Waals surface area contributed by atoms with Gasteiger partial charge in [-0.15, -0.1) is 0 Å². The number of pyridine rings is 1. The maximum Gasteiger partial charge on any atom is 0.339 e. The van der Waals surface area contributed by atoms with Crippen molar-refractivity contribution < 1.29 is 14.3 Å². The highest BCUT2D eigenvalue weighted by atomic mass is 16.5. The molecule has 0 aliphatic heterocycles. The molecule has 0 N–H and O–H groups in total. The first kappa shape index (κ1) is 14.1. The zero-order chi connectivity index (χ0) is 14.4. The third-order valence-electron chi connectivity index (χ3n) is 2.74. The first-order valence-corrected chi connectivity index (χ1v) is 6.61. The van der Waals surface area contributed by atoms with E-state index in [4.69, 9.17) is 9.47 Å². The van der Waals surface area contributed by atoms with Crippen LogP contribution in [-0.4, -0.2) is 24.2 Å². The van der Waals surface area contributed by atoms with E-state index < -0.39 is 0 Å². The summed E-state index contributed by atoms with van der Waals surface area (Å²) in [6.45, 7) is 4.73. The highest BCUT2D eigenvalue weighted by molar-refractivity contribution is 5.89. The number of nitrogens with zero attached hydrogens (tertiary/aromatic N) is 1. The largest absolute Gasteiger partial charge is 0.494 e. The van der Waals surface area contributed by atoms with Gasteiger partial charge in [0.1, 0.15) is 5.75 Å². The predicted octanol–water partition coefficient (Wildman–Crippen LogP) is 3.32. The van der Waals surface area contributed by atoms with Crippen molar-refractivity contribution in [1.82, 2.24) is 4.98 Å². The number of carbonyl (C=O) groups excluding carboxylic acids is 1. The van der Waals surface area contributed by atoms with Crippen LogP contribution in [0, 0.1) is 0 Å². The zero-order valence-corrected chi connectivity index (χ0v) is 11.6. The predicted molar refractivity (Wildman–Crippen MR) is 76.8 cm³/mol. The number of hydrogen-bond donors (Lipinski definition) is 0. The van der Waals surface area contributed by atoms with Gasteiger partial charge in [-0.05, 0) is 50.2 Å². The van der Waals surface area contributed by atoms with Gasteiger partial charge in [-0.25, -0.2) is 4.79 Å². The first-order chi connectivity index (χ1) is 9.74. The summed E-state index contributed by atoms with van der Waals surface area (Å²) < 4.78 is 10.3. The minimum atomic E-state index is -0.349. The molecular weight excluding hydrogens is 254 g/mol. The molecule has 104 valence electrons. The minimum absolute atomic E-state index is 0.349. The molecule has 2 rings (SSSR count). The molecule has 0 aliphatic carbocycles. The second-order valence-electron chi connectivity index (χ2n) is 4.11. The van der Waals surface area contributed by atoms with Gasteiger partial charge in [0, 0.05) is 11.8 Å². The standard InChI is InChI=1S/C16H17NO3/c1-3-19-14-8-5-12(6-9-14)15-10-7-13(11-17-15)16(18)20-4-2/h5-11H,3-4H2,1-2H3. The number of carbonyl (C=O) groups is 1. The molecule has 1 aromatic heterocycles. The lowest BCUT2D eigenvalue weighted by Gasteiger charge is -2.05. The molecule has 4 nitrogen and oxygen atoms in total. The van der Waals surface area contributed by atoms with E-state index in [9.17, 15) is 4.79 Å². The van der Waals surface area contributed by atoms with Gasteiger partial charge < -0.3 is 9.47 Å². The fraction of sp³-hybridized carbons (Fsp3) is 0.250. The highest BCUT2D eigenvalue weighted by Gasteiger charge is 2.07. The van der Waals surface area contributed by atoms with Crippen LogP contribution < -0.4 is 4.74 Å². The smallest absolute Gasteiger partial charge is 0.339 e. The van der Waals surface area contributed by atoms with E-state index in [1.165, 1.54) is 6.20 Å². The third kappa shape index (κ3) is 3.35. The molecule has 0 saturated carbocycles. The number of rotatable bonds is 5.